The molecule has 0 amide bonds. The van der Waals surface area contributed by atoms with E-state index in [4.69, 9.17) is 4.74 Å². The first-order valence-corrected chi connectivity index (χ1v) is 4.22. The van der Waals surface area contributed by atoms with Crippen LogP contribution in [0.3, 0.4) is 0 Å². The lowest BCUT2D eigenvalue weighted by atomic mass is 10.1. The van der Waals surface area contributed by atoms with Crippen LogP contribution in [0.15, 0.2) is 41.5 Å². The van der Waals surface area contributed by atoms with Crippen molar-refractivity contribution in [1.29, 1.82) is 0 Å². The van der Waals surface area contributed by atoms with Gasteiger partial charge in [0.2, 0.25) is 6.08 Å². The molecule has 1 aromatic rings. The van der Waals surface area contributed by atoms with E-state index in [0.29, 0.717) is 6.42 Å². The van der Waals surface area contributed by atoms with Crippen LogP contribution in [0.25, 0.3) is 0 Å². The average Bonchev–Trinajstić information content (AvgIpc) is 2.25. The highest BCUT2D eigenvalue weighted by Crippen LogP contribution is 2.17. The summed E-state index contributed by atoms with van der Waals surface area (Å²) in [4.78, 5) is 13.1. The number of para-hydroxylation sites is 1. The summed E-state index contributed by atoms with van der Waals surface area (Å²) in [5.74, 6) is 0.840. The number of benzene rings is 1. The quantitative estimate of drug-likeness (QED) is 0.537. The van der Waals surface area contributed by atoms with Crippen molar-refractivity contribution in [2.75, 3.05) is 7.11 Å². The van der Waals surface area contributed by atoms with Crippen molar-refractivity contribution >= 4 is 6.08 Å². The summed E-state index contributed by atoms with van der Waals surface area (Å²) in [7, 11) is 1.63. The highest BCUT2D eigenvalue weighted by atomic mass is 16.5. The Bertz CT molecular complexity index is 365. The summed E-state index contributed by atoms with van der Waals surface area (Å²) >= 11 is 0. The van der Waals surface area contributed by atoms with E-state index < -0.39 is 0 Å². The Kier molecular flexibility index (Phi) is 4.18. The second-order valence-corrected chi connectivity index (χ2v) is 2.62. The second-order valence-electron chi connectivity index (χ2n) is 2.62. The van der Waals surface area contributed by atoms with Gasteiger partial charge >= 0.3 is 0 Å². The second kappa shape index (κ2) is 5.73. The van der Waals surface area contributed by atoms with Gasteiger partial charge in [-0.25, -0.2) is 4.79 Å². The number of methoxy groups -OCH3 is 1. The van der Waals surface area contributed by atoms with Crippen LogP contribution in [0, 0.1) is 0 Å². The van der Waals surface area contributed by atoms with Gasteiger partial charge in [0.25, 0.3) is 0 Å². The highest BCUT2D eigenvalue weighted by molar-refractivity contribution is 5.36. The summed E-state index contributed by atoms with van der Waals surface area (Å²) in [6.45, 7) is 0. The molecule has 0 aliphatic rings. The van der Waals surface area contributed by atoms with Crippen molar-refractivity contribution in [3.63, 3.8) is 0 Å². The lowest BCUT2D eigenvalue weighted by molar-refractivity contribution is 0.410. The van der Waals surface area contributed by atoms with E-state index >= 15 is 0 Å². The van der Waals surface area contributed by atoms with Crippen molar-refractivity contribution in [2.24, 2.45) is 4.99 Å². The van der Waals surface area contributed by atoms with Crippen LogP contribution in [0.2, 0.25) is 0 Å². The van der Waals surface area contributed by atoms with E-state index in [1.807, 2.05) is 24.3 Å². The molecule has 0 aliphatic heterocycles. The summed E-state index contributed by atoms with van der Waals surface area (Å²) in [5, 5.41) is 0. The first-order chi connectivity index (χ1) is 6.88. The van der Waals surface area contributed by atoms with Crippen LogP contribution in [0.5, 0.6) is 5.75 Å². The number of isocyanates is 1. The Morgan fingerprint density at radius 3 is 3.00 bits per heavy atom. The lowest BCUT2D eigenvalue weighted by Crippen LogP contribution is -1.89. The first kappa shape index (κ1) is 10.2. The van der Waals surface area contributed by atoms with Crippen molar-refractivity contribution in [3.8, 4) is 5.75 Å². The smallest absolute Gasteiger partial charge is 0.239 e. The zero-order valence-corrected chi connectivity index (χ0v) is 7.93. The third-order valence-corrected chi connectivity index (χ3v) is 1.76. The van der Waals surface area contributed by atoms with E-state index in [-0.39, 0.29) is 0 Å². The SMILES string of the molecule is COc1ccccc1C/C=C\N=C=O. The molecule has 0 atom stereocenters. The molecule has 0 saturated carbocycles. The van der Waals surface area contributed by atoms with Gasteiger partial charge in [0, 0.05) is 6.20 Å². The molecule has 0 heterocycles. The maximum atomic E-state index is 9.77. The molecule has 0 spiro atoms. The van der Waals surface area contributed by atoms with Gasteiger partial charge in [-0.2, -0.15) is 4.99 Å². The Balaban J connectivity index is 2.70. The molecule has 1 aromatic carbocycles. The number of aliphatic imine (C=N–C) groups is 1. The number of nitrogens with zero attached hydrogens (tertiary/aromatic N) is 1. The van der Waals surface area contributed by atoms with Crippen molar-refractivity contribution < 1.29 is 9.53 Å². The first-order valence-electron chi connectivity index (χ1n) is 4.22. The Morgan fingerprint density at radius 2 is 2.29 bits per heavy atom. The molecule has 0 saturated heterocycles. The minimum Gasteiger partial charge on any atom is -0.496 e. The van der Waals surface area contributed by atoms with Crippen LogP contribution in [-0.4, -0.2) is 13.2 Å². The summed E-state index contributed by atoms with van der Waals surface area (Å²) in [6.07, 6.45) is 5.34. The van der Waals surface area contributed by atoms with Gasteiger partial charge in [0.15, 0.2) is 0 Å². The molecular formula is C11H11NO2. The number of ether oxygens (including phenoxy) is 1. The minimum atomic E-state index is 0.690. The predicted molar refractivity (Wildman–Crippen MR) is 54.0 cm³/mol. The number of allylic oxidation sites excluding steroid dienone is 1. The van der Waals surface area contributed by atoms with E-state index in [2.05, 4.69) is 4.99 Å². The van der Waals surface area contributed by atoms with Gasteiger partial charge in [0.1, 0.15) is 5.75 Å². The van der Waals surface area contributed by atoms with E-state index in [9.17, 15) is 4.79 Å². The van der Waals surface area contributed by atoms with Crippen LogP contribution >= 0.6 is 0 Å². The average molecular weight is 189 g/mol. The fourth-order valence-electron chi connectivity index (χ4n) is 1.13. The Hall–Kier alpha value is -1.86. The summed E-state index contributed by atoms with van der Waals surface area (Å²) in [5.41, 5.74) is 1.06. The molecule has 0 unspecified atom stereocenters. The molecule has 0 radical (unpaired) electrons. The molecular weight excluding hydrogens is 178 g/mol. The van der Waals surface area contributed by atoms with Crippen LogP contribution in [0.1, 0.15) is 5.56 Å². The third-order valence-electron chi connectivity index (χ3n) is 1.76. The lowest BCUT2D eigenvalue weighted by Gasteiger charge is -2.04. The van der Waals surface area contributed by atoms with E-state index in [1.165, 1.54) is 12.3 Å². The van der Waals surface area contributed by atoms with Gasteiger partial charge in [-0.3, -0.25) is 0 Å². The van der Waals surface area contributed by atoms with E-state index in [0.717, 1.165) is 11.3 Å². The topological polar surface area (TPSA) is 38.7 Å². The Labute approximate surface area is 82.7 Å². The molecule has 0 bridgehead atoms. The molecule has 1 rings (SSSR count). The highest BCUT2D eigenvalue weighted by Gasteiger charge is 1.97. The van der Waals surface area contributed by atoms with Gasteiger partial charge < -0.3 is 4.74 Å². The molecule has 72 valence electrons. The maximum Gasteiger partial charge on any atom is 0.239 e. The fraction of sp³-hybridized carbons (Fsp3) is 0.182. The van der Waals surface area contributed by atoms with Crippen molar-refractivity contribution in [3.05, 3.63) is 42.1 Å². The van der Waals surface area contributed by atoms with E-state index in [1.54, 1.807) is 13.2 Å². The predicted octanol–water partition coefficient (Wildman–Crippen LogP) is 2.09. The summed E-state index contributed by atoms with van der Waals surface area (Å²) < 4.78 is 5.16. The number of carbonyl (C=O) groups excluding carboxylic acids is 1. The number of hydrogen-bond donors (Lipinski definition) is 0. The van der Waals surface area contributed by atoms with Gasteiger partial charge in [-0.15, -0.1) is 0 Å². The largest absolute Gasteiger partial charge is 0.496 e. The number of hydrogen-bond acceptors (Lipinski definition) is 3. The third kappa shape index (κ3) is 2.88. The van der Waals surface area contributed by atoms with Crippen molar-refractivity contribution in [2.45, 2.75) is 6.42 Å². The van der Waals surface area contributed by atoms with Gasteiger partial charge in [0.05, 0.1) is 7.11 Å². The van der Waals surface area contributed by atoms with Crippen LogP contribution in [0.4, 0.5) is 0 Å². The molecule has 0 N–H and O–H groups in total. The van der Waals surface area contributed by atoms with Crippen LogP contribution in [-0.2, 0) is 11.2 Å². The molecule has 3 nitrogen and oxygen atoms in total. The van der Waals surface area contributed by atoms with Crippen molar-refractivity contribution in [1.82, 2.24) is 0 Å². The zero-order chi connectivity index (χ0) is 10.2. The fourth-order valence-corrected chi connectivity index (χ4v) is 1.13. The minimum absolute atomic E-state index is 0.690. The maximum absolute atomic E-state index is 9.77. The van der Waals surface area contributed by atoms with Gasteiger partial charge in [-0.05, 0) is 18.1 Å². The molecule has 14 heavy (non-hydrogen) atoms. The normalized spacial score (nSPS) is 9.79. The standard InChI is InChI=1S/C11H11NO2/c1-14-11-7-3-2-5-10(11)6-4-8-12-9-13/h2-5,7-8H,6H2,1H3/b8-4-. The zero-order valence-electron chi connectivity index (χ0n) is 7.93. The molecule has 0 aliphatic carbocycles. The number of rotatable bonds is 4. The molecule has 3 heteroatoms. The molecule has 0 fully saturated rings. The summed E-state index contributed by atoms with van der Waals surface area (Å²) in [6, 6.07) is 7.71. The van der Waals surface area contributed by atoms with Gasteiger partial charge in [-0.1, -0.05) is 24.3 Å². The van der Waals surface area contributed by atoms with Crippen LogP contribution < -0.4 is 4.74 Å². The Morgan fingerprint density at radius 1 is 1.50 bits per heavy atom. The monoisotopic (exact) mass is 189 g/mol. The molecule has 0 aromatic heterocycles.